The van der Waals surface area contributed by atoms with Crippen molar-refractivity contribution < 1.29 is 14.2 Å². The average Bonchev–Trinajstić information content (AvgIpc) is 2.40. The lowest BCUT2D eigenvalue weighted by Gasteiger charge is -2.32. The highest BCUT2D eigenvalue weighted by Crippen LogP contribution is 2.26. The van der Waals surface area contributed by atoms with Crippen molar-refractivity contribution >= 4 is 0 Å². The third-order valence-corrected chi connectivity index (χ3v) is 2.71. The van der Waals surface area contributed by atoms with Gasteiger partial charge in [0.25, 0.3) is 0 Å². The molecule has 0 aromatic rings. The highest BCUT2D eigenvalue weighted by atomic mass is 16.5. The van der Waals surface area contributed by atoms with Gasteiger partial charge in [0.2, 0.25) is 0 Å². The average molecular weight is 268 g/mol. The second-order valence-corrected chi connectivity index (χ2v) is 4.66. The second kappa shape index (κ2) is 12.2. The van der Waals surface area contributed by atoms with Gasteiger partial charge in [0, 0.05) is 5.41 Å². The molecule has 0 spiro atoms. The van der Waals surface area contributed by atoms with Crippen LogP contribution in [0.3, 0.4) is 0 Å². The van der Waals surface area contributed by atoms with Gasteiger partial charge < -0.3 is 14.2 Å². The van der Waals surface area contributed by atoms with Gasteiger partial charge in [0.15, 0.2) is 0 Å². The molecule has 0 radical (unpaired) electrons. The molecule has 0 aromatic heterocycles. The van der Waals surface area contributed by atoms with E-state index in [1.54, 1.807) is 18.2 Å². The monoisotopic (exact) mass is 268 g/mol. The molecule has 0 saturated heterocycles. The zero-order valence-electron chi connectivity index (χ0n) is 12.2. The van der Waals surface area contributed by atoms with Gasteiger partial charge >= 0.3 is 0 Å². The Hall–Kier alpha value is -0.900. The highest BCUT2D eigenvalue weighted by molar-refractivity contribution is 4.81. The van der Waals surface area contributed by atoms with Gasteiger partial charge in [-0.05, 0) is 6.42 Å². The van der Waals surface area contributed by atoms with Crippen LogP contribution in [0.25, 0.3) is 0 Å². The molecule has 0 saturated carbocycles. The summed E-state index contributed by atoms with van der Waals surface area (Å²) in [6.07, 6.45) is 7.33. The zero-order valence-corrected chi connectivity index (χ0v) is 12.2. The third-order valence-electron chi connectivity index (χ3n) is 2.71. The van der Waals surface area contributed by atoms with Crippen LogP contribution in [0.1, 0.15) is 19.8 Å². The summed E-state index contributed by atoms with van der Waals surface area (Å²) >= 11 is 0. The van der Waals surface area contributed by atoms with Crippen molar-refractivity contribution in [3.05, 3.63) is 38.0 Å². The number of ether oxygens (including phenoxy) is 3. The van der Waals surface area contributed by atoms with Crippen LogP contribution >= 0.6 is 0 Å². The van der Waals surface area contributed by atoms with Crippen LogP contribution in [0.4, 0.5) is 0 Å². The van der Waals surface area contributed by atoms with Gasteiger partial charge in [-0.15, -0.1) is 19.7 Å². The van der Waals surface area contributed by atoms with Gasteiger partial charge in [-0.25, -0.2) is 0 Å². The molecule has 110 valence electrons. The molecule has 0 amide bonds. The Morgan fingerprint density at radius 1 is 0.789 bits per heavy atom. The molecule has 19 heavy (non-hydrogen) atoms. The van der Waals surface area contributed by atoms with E-state index in [2.05, 4.69) is 26.7 Å². The van der Waals surface area contributed by atoms with E-state index in [-0.39, 0.29) is 5.41 Å². The molecule has 0 rings (SSSR count). The largest absolute Gasteiger partial charge is 0.377 e. The van der Waals surface area contributed by atoms with E-state index in [0.29, 0.717) is 39.6 Å². The lowest BCUT2D eigenvalue weighted by Crippen LogP contribution is -2.37. The van der Waals surface area contributed by atoms with E-state index in [1.807, 2.05) is 0 Å². The molecular formula is C16H28O3. The first-order valence-corrected chi connectivity index (χ1v) is 6.80. The molecular weight excluding hydrogens is 240 g/mol. The van der Waals surface area contributed by atoms with Crippen molar-refractivity contribution in [1.82, 2.24) is 0 Å². The summed E-state index contributed by atoms with van der Waals surface area (Å²) in [6.45, 7) is 16.6. The van der Waals surface area contributed by atoms with Crippen molar-refractivity contribution in [3.63, 3.8) is 0 Å². The van der Waals surface area contributed by atoms with Crippen molar-refractivity contribution in [1.29, 1.82) is 0 Å². The maximum absolute atomic E-state index is 5.63. The van der Waals surface area contributed by atoms with Gasteiger partial charge in [-0.1, -0.05) is 31.6 Å². The van der Waals surface area contributed by atoms with Crippen LogP contribution < -0.4 is 0 Å². The maximum atomic E-state index is 5.63. The lowest BCUT2D eigenvalue weighted by molar-refractivity contribution is -0.0615. The first-order valence-electron chi connectivity index (χ1n) is 6.80. The molecule has 0 fully saturated rings. The minimum absolute atomic E-state index is 0.107. The summed E-state index contributed by atoms with van der Waals surface area (Å²) in [7, 11) is 0. The molecule has 0 aliphatic heterocycles. The minimum Gasteiger partial charge on any atom is -0.377 e. The molecule has 0 heterocycles. The molecule has 0 aliphatic rings. The van der Waals surface area contributed by atoms with Crippen LogP contribution in [0.2, 0.25) is 0 Å². The summed E-state index contributed by atoms with van der Waals surface area (Å²) < 4.78 is 16.9. The van der Waals surface area contributed by atoms with Crippen LogP contribution in [0.5, 0.6) is 0 Å². The first kappa shape index (κ1) is 18.1. The predicted octanol–water partition coefficient (Wildman–Crippen LogP) is 3.38. The summed E-state index contributed by atoms with van der Waals surface area (Å²) in [5.41, 5.74) is -0.107. The molecule has 0 bridgehead atoms. The second-order valence-electron chi connectivity index (χ2n) is 4.66. The minimum atomic E-state index is -0.107. The van der Waals surface area contributed by atoms with Crippen LogP contribution in [0, 0.1) is 5.41 Å². The standard InChI is InChI=1S/C16H28O3/c1-5-9-16(13-17-10-6-2,14-18-11-7-3)15-19-12-8-4/h6-8H,2-5,9-15H2,1H3. The van der Waals surface area contributed by atoms with Gasteiger partial charge in [0.05, 0.1) is 39.6 Å². The zero-order chi connectivity index (χ0) is 14.4. The van der Waals surface area contributed by atoms with Crippen molar-refractivity contribution in [2.24, 2.45) is 5.41 Å². The van der Waals surface area contributed by atoms with E-state index in [9.17, 15) is 0 Å². The van der Waals surface area contributed by atoms with Gasteiger partial charge in [0.1, 0.15) is 0 Å². The quantitative estimate of drug-likeness (QED) is 0.357. The predicted molar refractivity (Wildman–Crippen MR) is 80.4 cm³/mol. The van der Waals surface area contributed by atoms with Crippen molar-refractivity contribution in [3.8, 4) is 0 Å². The Balaban J connectivity index is 4.49. The van der Waals surface area contributed by atoms with Crippen LogP contribution in [-0.4, -0.2) is 39.6 Å². The summed E-state index contributed by atoms with van der Waals surface area (Å²) in [5, 5.41) is 0. The van der Waals surface area contributed by atoms with E-state index in [0.717, 1.165) is 12.8 Å². The fraction of sp³-hybridized carbons (Fsp3) is 0.625. The Labute approximate surface area is 117 Å². The summed E-state index contributed by atoms with van der Waals surface area (Å²) in [5.74, 6) is 0. The highest BCUT2D eigenvalue weighted by Gasteiger charge is 2.30. The van der Waals surface area contributed by atoms with Crippen LogP contribution in [0.15, 0.2) is 38.0 Å². The van der Waals surface area contributed by atoms with Gasteiger partial charge in [-0.2, -0.15) is 0 Å². The lowest BCUT2D eigenvalue weighted by atomic mass is 9.86. The van der Waals surface area contributed by atoms with Crippen molar-refractivity contribution in [2.75, 3.05) is 39.6 Å². The molecule has 0 unspecified atom stereocenters. The van der Waals surface area contributed by atoms with Crippen molar-refractivity contribution in [2.45, 2.75) is 19.8 Å². The fourth-order valence-electron chi connectivity index (χ4n) is 1.95. The van der Waals surface area contributed by atoms with E-state index in [1.165, 1.54) is 0 Å². The molecule has 0 aliphatic carbocycles. The summed E-state index contributed by atoms with van der Waals surface area (Å²) in [6, 6.07) is 0. The SMILES string of the molecule is C=CCOCC(CCC)(COCC=C)COCC=C. The van der Waals surface area contributed by atoms with E-state index in [4.69, 9.17) is 14.2 Å². The molecule has 0 atom stereocenters. The smallest absolute Gasteiger partial charge is 0.0645 e. The molecule has 0 N–H and O–H groups in total. The Bertz CT molecular complexity index is 212. The summed E-state index contributed by atoms with van der Waals surface area (Å²) in [4.78, 5) is 0. The Morgan fingerprint density at radius 2 is 1.16 bits per heavy atom. The first-order chi connectivity index (χ1) is 9.24. The van der Waals surface area contributed by atoms with Crippen LogP contribution in [-0.2, 0) is 14.2 Å². The van der Waals surface area contributed by atoms with E-state index < -0.39 is 0 Å². The molecule has 3 heteroatoms. The molecule has 0 aromatic carbocycles. The maximum Gasteiger partial charge on any atom is 0.0645 e. The number of rotatable bonds is 14. The molecule has 3 nitrogen and oxygen atoms in total. The Morgan fingerprint density at radius 3 is 1.42 bits per heavy atom. The van der Waals surface area contributed by atoms with E-state index >= 15 is 0 Å². The fourth-order valence-corrected chi connectivity index (χ4v) is 1.95. The number of hydrogen-bond donors (Lipinski definition) is 0. The topological polar surface area (TPSA) is 27.7 Å². The normalized spacial score (nSPS) is 11.2. The Kier molecular flexibility index (Phi) is 11.6. The third kappa shape index (κ3) is 8.76. The van der Waals surface area contributed by atoms with Gasteiger partial charge in [-0.3, -0.25) is 0 Å². The number of hydrogen-bond acceptors (Lipinski definition) is 3.